The van der Waals surface area contributed by atoms with Crippen LogP contribution in [0.3, 0.4) is 0 Å². The van der Waals surface area contributed by atoms with E-state index in [9.17, 15) is 4.79 Å². The summed E-state index contributed by atoms with van der Waals surface area (Å²) in [4.78, 5) is 12.8. The van der Waals surface area contributed by atoms with Gasteiger partial charge in [0, 0.05) is 16.1 Å². The number of aryl methyl sites for hydroxylation is 2. The lowest BCUT2D eigenvalue weighted by Gasteiger charge is -2.15. The van der Waals surface area contributed by atoms with Gasteiger partial charge in [-0.05, 0) is 68.1 Å². The highest BCUT2D eigenvalue weighted by molar-refractivity contribution is 6.37. The van der Waals surface area contributed by atoms with E-state index in [1.807, 2.05) is 27.7 Å². The quantitative estimate of drug-likeness (QED) is 0.673. The molecule has 0 amide bonds. The zero-order valence-corrected chi connectivity index (χ0v) is 13.5. The first kappa shape index (κ1) is 15.1. The largest absolute Gasteiger partial charge is 0.289 e. The minimum Gasteiger partial charge on any atom is -0.289 e. The van der Waals surface area contributed by atoms with Gasteiger partial charge in [-0.1, -0.05) is 29.3 Å². The van der Waals surface area contributed by atoms with Crippen molar-refractivity contribution < 1.29 is 4.79 Å². The summed E-state index contributed by atoms with van der Waals surface area (Å²) in [6.45, 7) is 7.97. The van der Waals surface area contributed by atoms with Crippen LogP contribution >= 0.6 is 23.2 Å². The SMILES string of the molecule is Cc1cc(C)c(C)c(C(=O)c2ccc(Cl)cc2Cl)c1C. The van der Waals surface area contributed by atoms with Crippen molar-refractivity contribution >= 4 is 29.0 Å². The zero-order chi connectivity index (χ0) is 15.0. The van der Waals surface area contributed by atoms with Gasteiger partial charge in [0.2, 0.25) is 0 Å². The lowest BCUT2D eigenvalue weighted by atomic mass is 9.89. The van der Waals surface area contributed by atoms with E-state index >= 15 is 0 Å². The highest BCUT2D eigenvalue weighted by atomic mass is 35.5. The van der Waals surface area contributed by atoms with Gasteiger partial charge in [0.25, 0.3) is 0 Å². The van der Waals surface area contributed by atoms with Gasteiger partial charge in [-0.25, -0.2) is 0 Å². The molecule has 2 rings (SSSR count). The summed E-state index contributed by atoms with van der Waals surface area (Å²) in [6, 6.07) is 7.08. The Labute approximate surface area is 129 Å². The number of carbonyl (C=O) groups excluding carboxylic acids is 1. The van der Waals surface area contributed by atoms with Crippen LogP contribution in [-0.4, -0.2) is 5.78 Å². The summed E-state index contributed by atoms with van der Waals surface area (Å²) in [7, 11) is 0. The lowest BCUT2D eigenvalue weighted by molar-refractivity contribution is 0.103. The molecule has 2 aromatic carbocycles. The van der Waals surface area contributed by atoms with Gasteiger partial charge in [0.15, 0.2) is 5.78 Å². The Hall–Kier alpha value is -1.31. The molecular formula is C17H16Cl2O. The molecule has 2 aromatic rings. The third-order valence-corrected chi connectivity index (χ3v) is 4.32. The van der Waals surface area contributed by atoms with Crippen molar-refractivity contribution in [2.24, 2.45) is 0 Å². The summed E-state index contributed by atoms with van der Waals surface area (Å²) in [5.74, 6) is -0.0477. The predicted molar refractivity (Wildman–Crippen MR) is 85.3 cm³/mol. The molecule has 0 aliphatic carbocycles. The van der Waals surface area contributed by atoms with Gasteiger partial charge >= 0.3 is 0 Å². The average molecular weight is 307 g/mol. The second-order valence-corrected chi connectivity index (χ2v) is 5.93. The Balaban J connectivity index is 2.65. The number of carbonyl (C=O) groups is 1. The van der Waals surface area contributed by atoms with Gasteiger partial charge < -0.3 is 0 Å². The fourth-order valence-corrected chi connectivity index (χ4v) is 2.86. The Morgan fingerprint density at radius 2 is 1.45 bits per heavy atom. The van der Waals surface area contributed by atoms with Crippen molar-refractivity contribution in [2.75, 3.05) is 0 Å². The summed E-state index contributed by atoms with van der Waals surface area (Å²) in [5.41, 5.74) is 5.47. The summed E-state index contributed by atoms with van der Waals surface area (Å²) < 4.78 is 0. The van der Waals surface area contributed by atoms with Crippen LogP contribution in [0.5, 0.6) is 0 Å². The van der Waals surface area contributed by atoms with Gasteiger partial charge in [-0.3, -0.25) is 4.79 Å². The van der Waals surface area contributed by atoms with Gasteiger partial charge in [-0.15, -0.1) is 0 Å². The number of benzene rings is 2. The third-order valence-electron chi connectivity index (χ3n) is 3.77. The Morgan fingerprint density at radius 3 is 1.95 bits per heavy atom. The molecule has 0 bridgehead atoms. The zero-order valence-electron chi connectivity index (χ0n) is 12.0. The standard InChI is InChI=1S/C17H16Cl2O/c1-9-7-10(2)12(4)16(11(9)3)17(20)14-6-5-13(18)8-15(14)19/h5-8H,1-4H3. The molecule has 0 saturated carbocycles. The molecule has 0 aliphatic rings. The third kappa shape index (κ3) is 2.61. The number of hydrogen-bond acceptors (Lipinski definition) is 1. The number of ketones is 1. The molecule has 0 saturated heterocycles. The number of hydrogen-bond donors (Lipinski definition) is 0. The van der Waals surface area contributed by atoms with E-state index in [-0.39, 0.29) is 5.78 Å². The molecule has 0 heterocycles. The summed E-state index contributed by atoms with van der Waals surface area (Å²) in [5, 5.41) is 0.917. The molecule has 1 nitrogen and oxygen atoms in total. The Morgan fingerprint density at radius 1 is 0.900 bits per heavy atom. The predicted octanol–water partition coefficient (Wildman–Crippen LogP) is 5.46. The van der Waals surface area contributed by atoms with Crippen LogP contribution in [0.1, 0.15) is 38.2 Å². The molecule has 104 valence electrons. The minimum absolute atomic E-state index is 0.0477. The van der Waals surface area contributed by atoms with E-state index in [1.54, 1.807) is 18.2 Å². The average Bonchev–Trinajstić information content (AvgIpc) is 2.36. The van der Waals surface area contributed by atoms with Crippen LogP contribution in [0.25, 0.3) is 0 Å². The molecule has 0 N–H and O–H groups in total. The van der Waals surface area contributed by atoms with Gasteiger partial charge in [0.1, 0.15) is 0 Å². The maximum absolute atomic E-state index is 12.8. The van der Waals surface area contributed by atoms with E-state index in [2.05, 4.69) is 6.07 Å². The smallest absolute Gasteiger partial charge is 0.195 e. The fraction of sp³-hybridized carbons (Fsp3) is 0.235. The monoisotopic (exact) mass is 306 g/mol. The molecule has 3 heteroatoms. The fourth-order valence-electron chi connectivity index (χ4n) is 2.37. The van der Waals surface area contributed by atoms with E-state index in [0.29, 0.717) is 15.6 Å². The highest BCUT2D eigenvalue weighted by Crippen LogP contribution is 2.28. The van der Waals surface area contributed by atoms with Crippen LogP contribution in [0.15, 0.2) is 24.3 Å². The van der Waals surface area contributed by atoms with Crippen molar-refractivity contribution in [2.45, 2.75) is 27.7 Å². The molecule has 0 unspecified atom stereocenters. The molecule has 0 spiro atoms. The lowest BCUT2D eigenvalue weighted by Crippen LogP contribution is -2.09. The highest BCUT2D eigenvalue weighted by Gasteiger charge is 2.19. The molecule has 0 aromatic heterocycles. The topological polar surface area (TPSA) is 17.1 Å². The van der Waals surface area contributed by atoms with Crippen LogP contribution in [-0.2, 0) is 0 Å². The van der Waals surface area contributed by atoms with E-state index < -0.39 is 0 Å². The first-order chi connectivity index (χ1) is 9.32. The van der Waals surface area contributed by atoms with Crippen molar-refractivity contribution in [3.05, 3.63) is 67.7 Å². The molecule has 0 aliphatic heterocycles. The van der Waals surface area contributed by atoms with Crippen molar-refractivity contribution in [1.82, 2.24) is 0 Å². The van der Waals surface area contributed by atoms with Crippen LogP contribution < -0.4 is 0 Å². The maximum Gasteiger partial charge on any atom is 0.195 e. The van der Waals surface area contributed by atoms with Crippen LogP contribution in [0.2, 0.25) is 10.0 Å². The summed E-state index contributed by atoms with van der Waals surface area (Å²) in [6.07, 6.45) is 0. The maximum atomic E-state index is 12.8. The second kappa shape index (κ2) is 5.59. The van der Waals surface area contributed by atoms with E-state index in [1.165, 1.54) is 0 Å². The molecular weight excluding hydrogens is 291 g/mol. The molecule has 20 heavy (non-hydrogen) atoms. The summed E-state index contributed by atoms with van der Waals surface area (Å²) >= 11 is 12.0. The first-order valence-electron chi connectivity index (χ1n) is 6.40. The first-order valence-corrected chi connectivity index (χ1v) is 7.15. The van der Waals surface area contributed by atoms with Crippen molar-refractivity contribution in [1.29, 1.82) is 0 Å². The van der Waals surface area contributed by atoms with Gasteiger partial charge in [-0.2, -0.15) is 0 Å². The van der Waals surface area contributed by atoms with E-state index in [4.69, 9.17) is 23.2 Å². The number of halogens is 2. The minimum atomic E-state index is -0.0477. The Kier molecular flexibility index (Phi) is 4.22. The van der Waals surface area contributed by atoms with E-state index in [0.717, 1.165) is 27.8 Å². The van der Waals surface area contributed by atoms with Gasteiger partial charge in [0.05, 0.1) is 5.02 Å². The van der Waals surface area contributed by atoms with Crippen molar-refractivity contribution in [3.63, 3.8) is 0 Å². The van der Waals surface area contributed by atoms with Crippen LogP contribution in [0, 0.1) is 27.7 Å². The molecule has 0 fully saturated rings. The molecule has 0 atom stereocenters. The van der Waals surface area contributed by atoms with Crippen molar-refractivity contribution in [3.8, 4) is 0 Å². The Bertz CT molecular complexity index is 676. The second-order valence-electron chi connectivity index (χ2n) is 5.09. The number of rotatable bonds is 2. The van der Waals surface area contributed by atoms with Crippen LogP contribution in [0.4, 0.5) is 0 Å². The molecule has 0 radical (unpaired) electrons. The normalized spacial score (nSPS) is 10.7.